The van der Waals surface area contributed by atoms with Gasteiger partial charge in [-0.2, -0.15) is 5.26 Å². The van der Waals surface area contributed by atoms with Crippen LogP contribution in [0.25, 0.3) is 28.4 Å². The van der Waals surface area contributed by atoms with E-state index in [1.54, 1.807) is 0 Å². The van der Waals surface area contributed by atoms with Crippen LogP contribution in [0, 0.1) is 32.1 Å². The maximum atomic E-state index is 9.76. The van der Waals surface area contributed by atoms with Crippen LogP contribution < -0.4 is 0 Å². The summed E-state index contributed by atoms with van der Waals surface area (Å²) < 4.78 is 2.98. The molecule has 2 aromatic carbocycles. The zero-order valence-electron chi connectivity index (χ0n) is 16.2. The van der Waals surface area contributed by atoms with Crippen molar-refractivity contribution >= 4 is 50.2 Å². The number of imidazole rings is 1. The van der Waals surface area contributed by atoms with Crippen molar-refractivity contribution in [1.82, 2.24) is 14.5 Å². The number of benzene rings is 2. The highest BCUT2D eigenvalue weighted by atomic mass is 79.9. The number of allylic oxidation sites excluding steroid dienone is 1. The summed E-state index contributed by atoms with van der Waals surface area (Å²) in [6.45, 7) is 6.10. The number of nitrogens with zero attached hydrogens (tertiary/aromatic N) is 3. The molecule has 0 aliphatic heterocycles. The molecule has 0 spiro atoms. The fourth-order valence-electron chi connectivity index (χ4n) is 3.52. The number of hydrogen-bond acceptors (Lipinski definition) is 2. The summed E-state index contributed by atoms with van der Waals surface area (Å²) >= 11 is 9.72. The van der Waals surface area contributed by atoms with E-state index in [2.05, 4.69) is 42.6 Å². The highest BCUT2D eigenvalue weighted by molar-refractivity contribution is 9.10. The van der Waals surface area contributed by atoms with Crippen LogP contribution in [0.5, 0.6) is 0 Å². The highest BCUT2D eigenvalue weighted by Crippen LogP contribution is 2.29. The minimum absolute atomic E-state index is 0.493. The minimum Gasteiger partial charge on any atom is -0.337 e. The van der Waals surface area contributed by atoms with Crippen molar-refractivity contribution in [3.05, 3.63) is 80.3 Å². The van der Waals surface area contributed by atoms with Gasteiger partial charge < -0.3 is 9.55 Å². The normalized spacial score (nSPS) is 11.8. The molecule has 0 amide bonds. The summed E-state index contributed by atoms with van der Waals surface area (Å²) in [5.41, 5.74) is 7.45. The molecule has 0 bridgehead atoms. The molecule has 29 heavy (non-hydrogen) atoms. The van der Waals surface area contributed by atoms with Gasteiger partial charge in [-0.05, 0) is 90.3 Å². The lowest BCUT2D eigenvalue weighted by atomic mass is 10.1. The van der Waals surface area contributed by atoms with E-state index in [1.807, 2.05) is 63.2 Å². The molecule has 0 atom stereocenters. The van der Waals surface area contributed by atoms with Gasteiger partial charge in [0.15, 0.2) is 0 Å². The lowest BCUT2D eigenvalue weighted by Crippen LogP contribution is -1.99. The Kier molecular flexibility index (Phi) is 5.08. The lowest BCUT2D eigenvalue weighted by molar-refractivity contribution is 0.964. The van der Waals surface area contributed by atoms with Crippen LogP contribution in [0.3, 0.4) is 0 Å². The molecule has 144 valence electrons. The average molecular weight is 466 g/mol. The highest BCUT2D eigenvalue weighted by Gasteiger charge is 2.13. The third-order valence-corrected chi connectivity index (χ3v) is 6.18. The quantitative estimate of drug-likeness (QED) is 0.340. The summed E-state index contributed by atoms with van der Waals surface area (Å²) in [7, 11) is 0. The molecule has 4 nitrogen and oxygen atoms in total. The molecule has 4 rings (SSSR count). The molecule has 1 N–H and O–H groups in total. The molecular weight excluding hydrogens is 448 g/mol. The van der Waals surface area contributed by atoms with Crippen LogP contribution in [-0.4, -0.2) is 14.5 Å². The SMILES string of the molecule is Cc1ccc2nc(/C(C#N)=C\c3cc(C)n(-c4ccc(Br)c(Cl)c4)c3C)[nH]c2c1. The van der Waals surface area contributed by atoms with Gasteiger partial charge in [0.25, 0.3) is 0 Å². The Bertz CT molecular complexity index is 1320. The second kappa shape index (κ2) is 7.55. The Labute approximate surface area is 182 Å². The maximum Gasteiger partial charge on any atom is 0.149 e. The van der Waals surface area contributed by atoms with E-state index in [-0.39, 0.29) is 0 Å². The Balaban J connectivity index is 1.80. The number of aromatic amines is 1. The molecule has 4 aromatic rings. The number of H-pyrrole nitrogens is 1. The van der Waals surface area contributed by atoms with Crippen LogP contribution in [-0.2, 0) is 0 Å². The molecule has 0 aliphatic rings. The van der Waals surface area contributed by atoms with Gasteiger partial charge in [0.1, 0.15) is 11.9 Å². The largest absolute Gasteiger partial charge is 0.337 e. The predicted octanol–water partition coefficient (Wildman–Crippen LogP) is 6.76. The minimum atomic E-state index is 0.493. The molecule has 0 aliphatic carbocycles. The van der Waals surface area contributed by atoms with Gasteiger partial charge in [-0.3, -0.25) is 0 Å². The van der Waals surface area contributed by atoms with Gasteiger partial charge in [-0.15, -0.1) is 0 Å². The number of nitrogens with one attached hydrogen (secondary N) is 1. The van der Waals surface area contributed by atoms with Crippen molar-refractivity contribution in [3.8, 4) is 11.8 Å². The zero-order chi connectivity index (χ0) is 20.7. The number of aromatic nitrogens is 3. The Morgan fingerprint density at radius 3 is 2.69 bits per heavy atom. The zero-order valence-corrected chi connectivity index (χ0v) is 18.6. The molecule has 0 unspecified atom stereocenters. The van der Waals surface area contributed by atoms with Crippen molar-refractivity contribution in [2.45, 2.75) is 20.8 Å². The van der Waals surface area contributed by atoms with Crippen LogP contribution in [0.15, 0.2) is 46.9 Å². The van der Waals surface area contributed by atoms with Gasteiger partial charge in [-0.25, -0.2) is 4.98 Å². The van der Waals surface area contributed by atoms with Crippen molar-refractivity contribution in [3.63, 3.8) is 0 Å². The molecular formula is C23H18BrClN4. The summed E-state index contributed by atoms with van der Waals surface area (Å²) in [5.74, 6) is 0.574. The molecule has 2 aromatic heterocycles. The second-order valence-corrected chi connectivity index (χ2v) is 8.30. The maximum absolute atomic E-state index is 9.76. The predicted molar refractivity (Wildman–Crippen MR) is 122 cm³/mol. The van der Waals surface area contributed by atoms with E-state index in [0.717, 1.165) is 43.7 Å². The first-order valence-electron chi connectivity index (χ1n) is 9.10. The van der Waals surface area contributed by atoms with Crippen molar-refractivity contribution in [1.29, 1.82) is 5.26 Å². The van der Waals surface area contributed by atoms with E-state index in [1.165, 1.54) is 0 Å². The fraction of sp³-hybridized carbons (Fsp3) is 0.130. The lowest BCUT2D eigenvalue weighted by Gasteiger charge is -2.10. The van der Waals surface area contributed by atoms with Gasteiger partial charge in [0, 0.05) is 21.5 Å². The second-order valence-electron chi connectivity index (χ2n) is 7.04. The van der Waals surface area contributed by atoms with Gasteiger partial charge in [-0.1, -0.05) is 17.7 Å². The number of fused-ring (bicyclic) bond motifs is 1. The molecule has 2 heterocycles. The standard InChI is InChI=1S/C23H18BrClN4/c1-13-4-7-21-22(8-13)28-23(27-21)17(12-26)10-16-9-14(2)29(15(16)3)18-5-6-19(24)20(25)11-18/h4-11H,1-3H3,(H,27,28)/b17-10-. The van der Waals surface area contributed by atoms with Gasteiger partial charge in [0.05, 0.1) is 21.6 Å². The first-order chi connectivity index (χ1) is 13.9. The summed E-state index contributed by atoms with van der Waals surface area (Å²) in [5, 5.41) is 10.4. The number of hydrogen-bond donors (Lipinski definition) is 1. The number of halogens is 2. The van der Waals surface area contributed by atoms with Crippen LogP contribution in [0.2, 0.25) is 5.02 Å². The van der Waals surface area contributed by atoms with Crippen molar-refractivity contribution in [2.24, 2.45) is 0 Å². The monoisotopic (exact) mass is 464 g/mol. The van der Waals surface area contributed by atoms with Crippen LogP contribution in [0.4, 0.5) is 0 Å². The van der Waals surface area contributed by atoms with E-state index >= 15 is 0 Å². The molecule has 6 heteroatoms. The van der Waals surface area contributed by atoms with Crippen molar-refractivity contribution < 1.29 is 0 Å². The Hall–Kier alpha value is -2.81. The van der Waals surface area contributed by atoms with Crippen LogP contribution in [0.1, 0.15) is 28.3 Å². The van der Waals surface area contributed by atoms with Crippen molar-refractivity contribution in [2.75, 3.05) is 0 Å². The summed E-state index contributed by atoms with van der Waals surface area (Å²) in [6.07, 6.45) is 1.88. The topological polar surface area (TPSA) is 57.4 Å². The Morgan fingerprint density at radius 1 is 1.17 bits per heavy atom. The number of aryl methyl sites for hydroxylation is 2. The van der Waals surface area contributed by atoms with E-state index in [4.69, 9.17) is 11.6 Å². The van der Waals surface area contributed by atoms with Crippen LogP contribution >= 0.6 is 27.5 Å². The van der Waals surface area contributed by atoms with E-state index in [9.17, 15) is 5.26 Å². The number of rotatable bonds is 3. The summed E-state index contributed by atoms with van der Waals surface area (Å²) in [6, 6.07) is 16.2. The first kappa shape index (κ1) is 19.5. The van der Waals surface area contributed by atoms with E-state index < -0.39 is 0 Å². The molecule has 0 saturated carbocycles. The molecule has 0 fully saturated rings. The Morgan fingerprint density at radius 2 is 1.97 bits per heavy atom. The smallest absolute Gasteiger partial charge is 0.149 e. The van der Waals surface area contributed by atoms with Gasteiger partial charge >= 0.3 is 0 Å². The third-order valence-electron chi connectivity index (χ3n) is 4.94. The summed E-state index contributed by atoms with van der Waals surface area (Å²) in [4.78, 5) is 7.85. The van der Waals surface area contributed by atoms with E-state index in [0.29, 0.717) is 16.4 Å². The number of nitriles is 1. The average Bonchev–Trinajstić information content (AvgIpc) is 3.22. The third kappa shape index (κ3) is 3.62. The molecule has 0 radical (unpaired) electrons. The fourth-order valence-corrected chi connectivity index (χ4v) is 3.94. The molecule has 0 saturated heterocycles. The van der Waals surface area contributed by atoms with Gasteiger partial charge in [0.2, 0.25) is 0 Å². The first-order valence-corrected chi connectivity index (χ1v) is 10.3.